The first-order chi connectivity index (χ1) is 11.3. The third-order valence-electron chi connectivity index (χ3n) is 4.03. The molecule has 0 radical (unpaired) electrons. The topological polar surface area (TPSA) is 46.6 Å². The molecule has 2 rings (SSSR count). The number of halogens is 2. The Morgan fingerprint density at radius 3 is 2.71 bits per heavy atom. The summed E-state index contributed by atoms with van der Waals surface area (Å²) in [6, 6.07) is 3.49. The van der Waals surface area contributed by atoms with Gasteiger partial charge in [-0.3, -0.25) is 9.59 Å². The number of rotatable bonds is 5. The van der Waals surface area contributed by atoms with Crippen LogP contribution in [0.15, 0.2) is 18.2 Å². The molecule has 0 N–H and O–H groups in total. The number of benzene rings is 1. The van der Waals surface area contributed by atoms with E-state index < -0.39 is 11.6 Å². The highest BCUT2D eigenvalue weighted by molar-refractivity contribution is 5.79. The highest BCUT2D eigenvalue weighted by atomic mass is 19.2. The summed E-state index contributed by atoms with van der Waals surface area (Å²) in [5, 5.41) is 0. The van der Waals surface area contributed by atoms with Crippen molar-refractivity contribution in [3.63, 3.8) is 0 Å². The van der Waals surface area contributed by atoms with Gasteiger partial charge >= 0.3 is 5.97 Å². The molecule has 0 aliphatic carbocycles. The Bertz CT molecular complexity index is 604. The first-order valence-corrected chi connectivity index (χ1v) is 8.26. The molecule has 0 bridgehead atoms. The molecule has 4 nitrogen and oxygen atoms in total. The first-order valence-electron chi connectivity index (χ1n) is 8.26. The first kappa shape index (κ1) is 18.4. The van der Waals surface area contributed by atoms with Gasteiger partial charge in [0.2, 0.25) is 5.91 Å². The lowest BCUT2D eigenvalue weighted by molar-refractivity contribution is -0.149. The van der Waals surface area contributed by atoms with E-state index in [4.69, 9.17) is 4.74 Å². The van der Waals surface area contributed by atoms with E-state index in [2.05, 4.69) is 0 Å². The number of amides is 1. The molecule has 24 heavy (non-hydrogen) atoms. The maximum absolute atomic E-state index is 13.2. The fourth-order valence-electron chi connectivity index (χ4n) is 2.94. The lowest BCUT2D eigenvalue weighted by atomic mass is 9.94. The van der Waals surface area contributed by atoms with Crippen LogP contribution in [0.4, 0.5) is 8.78 Å². The molecule has 1 aliphatic rings. The summed E-state index contributed by atoms with van der Waals surface area (Å²) in [6.45, 7) is 4.72. The summed E-state index contributed by atoms with van der Waals surface area (Å²) in [6.07, 6.45) is 1.88. The van der Waals surface area contributed by atoms with Gasteiger partial charge < -0.3 is 9.64 Å². The monoisotopic (exact) mass is 339 g/mol. The highest BCUT2D eigenvalue weighted by Gasteiger charge is 2.26. The van der Waals surface area contributed by atoms with Crippen molar-refractivity contribution in [1.29, 1.82) is 0 Å². The van der Waals surface area contributed by atoms with Crippen LogP contribution in [0.5, 0.6) is 0 Å². The van der Waals surface area contributed by atoms with Crippen LogP contribution in [0, 0.1) is 17.6 Å². The largest absolute Gasteiger partial charge is 0.463 e. The van der Waals surface area contributed by atoms with Crippen LogP contribution in [0.25, 0.3) is 0 Å². The van der Waals surface area contributed by atoms with E-state index in [0.717, 1.165) is 25.0 Å². The van der Waals surface area contributed by atoms with E-state index in [9.17, 15) is 18.4 Å². The molecule has 1 saturated heterocycles. The van der Waals surface area contributed by atoms with Crippen molar-refractivity contribution >= 4 is 11.9 Å². The second kappa shape index (κ2) is 8.22. The van der Waals surface area contributed by atoms with Gasteiger partial charge in [-0.2, -0.15) is 0 Å². The summed E-state index contributed by atoms with van der Waals surface area (Å²) < 4.78 is 31.3. The van der Waals surface area contributed by atoms with E-state index >= 15 is 0 Å². The van der Waals surface area contributed by atoms with Gasteiger partial charge in [-0.25, -0.2) is 8.78 Å². The quantitative estimate of drug-likeness (QED) is 0.775. The minimum Gasteiger partial charge on any atom is -0.463 e. The number of nitrogens with zero attached hydrogens (tertiary/aromatic N) is 1. The van der Waals surface area contributed by atoms with Gasteiger partial charge in [-0.15, -0.1) is 0 Å². The molecule has 1 heterocycles. The van der Waals surface area contributed by atoms with Crippen LogP contribution in [0.2, 0.25) is 0 Å². The van der Waals surface area contributed by atoms with Crippen molar-refractivity contribution in [3.8, 4) is 0 Å². The Labute approximate surface area is 140 Å². The minimum absolute atomic E-state index is 0.0281. The zero-order chi connectivity index (χ0) is 17.7. The number of carbonyl (C=O) groups excluding carboxylic acids is 2. The smallest absolute Gasteiger partial charge is 0.306 e. The van der Waals surface area contributed by atoms with Crippen LogP contribution in [0.3, 0.4) is 0 Å². The van der Waals surface area contributed by atoms with Crippen LogP contribution < -0.4 is 0 Å². The Balaban J connectivity index is 1.89. The minimum atomic E-state index is -0.951. The van der Waals surface area contributed by atoms with Gasteiger partial charge in [-0.1, -0.05) is 6.07 Å². The molecule has 0 unspecified atom stereocenters. The van der Waals surface area contributed by atoms with Crippen molar-refractivity contribution in [2.45, 2.75) is 45.6 Å². The van der Waals surface area contributed by atoms with Crippen molar-refractivity contribution in [1.82, 2.24) is 4.90 Å². The highest BCUT2D eigenvalue weighted by Crippen LogP contribution is 2.21. The molecule has 0 aromatic heterocycles. The molecule has 0 saturated carbocycles. The molecule has 1 atom stereocenters. The van der Waals surface area contributed by atoms with E-state index in [-0.39, 0.29) is 30.3 Å². The fourth-order valence-corrected chi connectivity index (χ4v) is 2.94. The maximum Gasteiger partial charge on any atom is 0.306 e. The average Bonchev–Trinajstić information content (AvgIpc) is 2.50. The van der Waals surface area contributed by atoms with Crippen LogP contribution in [-0.4, -0.2) is 36.0 Å². The number of hydrogen-bond acceptors (Lipinski definition) is 3. The van der Waals surface area contributed by atoms with Crippen LogP contribution >= 0.6 is 0 Å². The summed E-state index contributed by atoms with van der Waals surface area (Å²) in [4.78, 5) is 25.8. The van der Waals surface area contributed by atoms with Crippen LogP contribution in [-0.2, 0) is 20.7 Å². The Morgan fingerprint density at radius 1 is 1.29 bits per heavy atom. The summed E-state index contributed by atoms with van der Waals surface area (Å²) in [5.74, 6) is -2.17. The fraction of sp³-hybridized carbons (Fsp3) is 0.556. The molecule has 1 aromatic rings. The number of piperidine rings is 1. The number of carbonyl (C=O) groups is 2. The molecule has 1 fully saturated rings. The Morgan fingerprint density at radius 2 is 2.04 bits per heavy atom. The summed E-state index contributed by atoms with van der Waals surface area (Å²) >= 11 is 0. The molecule has 1 amide bonds. The predicted octanol–water partition coefficient (Wildman–Crippen LogP) is 3.09. The van der Waals surface area contributed by atoms with E-state index in [1.54, 1.807) is 18.7 Å². The molecular formula is C18H23F2NO3. The van der Waals surface area contributed by atoms with Crippen LogP contribution in [0.1, 0.15) is 38.7 Å². The van der Waals surface area contributed by atoms with Crippen molar-refractivity contribution < 1.29 is 23.1 Å². The molecule has 132 valence electrons. The number of likely N-dealkylation sites (tertiary alicyclic amines) is 1. The molecule has 1 aliphatic heterocycles. The zero-order valence-corrected chi connectivity index (χ0v) is 14.1. The van der Waals surface area contributed by atoms with Gasteiger partial charge in [0.15, 0.2) is 11.6 Å². The summed E-state index contributed by atoms with van der Waals surface area (Å²) in [5.41, 5.74) is 0.445. The molecule has 6 heteroatoms. The average molecular weight is 339 g/mol. The number of esters is 1. The third-order valence-corrected chi connectivity index (χ3v) is 4.03. The maximum atomic E-state index is 13.2. The van der Waals surface area contributed by atoms with Gasteiger partial charge in [0.05, 0.1) is 18.9 Å². The Kier molecular flexibility index (Phi) is 6.29. The molecular weight excluding hydrogens is 316 g/mol. The number of ether oxygens (including phenoxy) is 1. The Hall–Kier alpha value is -1.98. The normalized spacial score (nSPS) is 17.9. The van der Waals surface area contributed by atoms with Crippen molar-refractivity contribution in [2.24, 2.45) is 5.92 Å². The lowest BCUT2D eigenvalue weighted by Gasteiger charge is -2.32. The van der Waals surface area contributed by atoms with Gasteiger partial charge in [0.1, 0.15) is 0 Å². The van der Waals surface area contributed by atoms with E-state index in [1.165, 1.54) is 6.07 Å². The molecule has 1 aromatic carbocycles. The lowest BCUT2D eigenvalue weighted by Crippen LogP contribution is -2.41. The van der Waals surface area contributed by atoms with Crippen molar-refractivity contribution in [3.05, 3.63) is 35.4 Å². The van der Waals surface area contributed by atoms with E-state index in [0.29, 0.717) is 25.1 Å². The zero-order valence-electron chi connectivity index (χ0n) is 14.1. The van der Waals surface area contributed by atoms with Gasteiger partial charge in [0, 0.05) is 13.1 Å². The second-order valence-corrected chi connectivity index (χ2v) is 6.52. The SMILES string of the molecule is CC(C)OC(=O)C[C@H]1CCCN(C(=O)Cc2ccc(F)c(F)c2)C1. The third kappa shape index (κ3) is 5.28. The van der Waals surface area contributed by atoms with Gasteiger partial charge in [-0.05, 0) is 50.3 Å². The predicted molar refractivity (Wildman–Crippen MR) is 85.2 cm³/mol. The van der Waals surface area contributed by atoms with E-state index in [1.807, 2.05) is 0 Å². The number of hydrogen-bond donors (Lipinski definition) is 0. The second-order valence-electron chi connectivity index (χ2n) is 6.52. The standard InChI is InChI=1S/C18H23F2NO3/c1-12(2)24-18(23)10-14-4-3-7-21(11-14)17(22)9-13-5-6-15(19)16(20)8-13/h5-6,8,12,14H,3-4,7,9-11H2,1-2H3/t14-/m1/s1. The summed E-state index contributed by atoms with van der Waals surface area (Å²) in [7, 11) is 0. The molecule has 0 spiro atoms. The van der Waals surface area contributed by atoms with Gasteiger partial charge in [0.25, 0.3) is 0 Å². The van der Waals surface area contributed by atoms with Crippen molar-refractivity contribution in [2.75, 3.05) is 13.1 Å².